The number of benzene rings is 1. The van der Waals surface area contributed by atoms with Gasteiger partial charge in [-0.15, -0.1) is 5.10 Å². The van der Waals surface area contributed by atoms with Gasteiger partial charge in [-0.25, -0.2) is 0 Å². The molecule has 1 atom stereocenters. The Morgan fingerprint density at radius 2 is 1.79 bits per heavy atom. The average molecular weight is 521 g/mol. The average Bonchev–Trinajstić information content (AvgIpc) is 3.47. The zero-order chi connectivity index (χ0) is 27.8. The van der Waals surface area contributed by atoms with Crippen LogP contribution in [0.4, 0.5) is 17.2 Å². The first kappa shape index (κ1) is 27.3. The van der Waals surface area contributed by atoms with Gasteiger partial charge in [0.1, 0.15) is 0 Å². The third-order valence-electron chi connectivity index (χ3n) is 5.90. The standard InChI is InChI=1S/C16H16N4O.C14H16N4/c1-10-5-6-13(11(2)21)16(20-10)14-4-3-7-17-15(14)12-8-18-19-9-12;1-4-15-13-9-12(7-5-10(13)2)16-14-8-6-11(3)17-18-14/h3-9,11,21H,1-2H3,(H,18,19);4-9H,1-3H3,(H,16,18). The smallest absolute Gasteiger partial charge is 0.153 e. The maximum absolute atomic E-state index is 10.00. The highest BCUT2D eigenvalue weighted by molar-refractivity contribution is 5.80. The first-order chi connectivity index (χ1) is 18.9. The summed E-state index contributed by atoms with van der Waals surface area (Å²) in [7, 11) is 0. The number of aliphatic imine (C=N–C) groups is 1. The first-order valence-electron chi connectivity index (χ1n) is 12.6. The van der Waals surface area contributed by atoms with E-state index < -0.39 is 6.10 Å². The predicted octanol–water partition coefficient (Wildman–Crippen LogP) is 6.45. The largest absolute Gasteiger partial charge is 0.389 e. The molecule has 0 radical (unpaired) electrons. The quantitative estimate of drug-likeness (QED) is 0.220. The summed E-state index contributed by atoms with van der Waals surface area (Å²) >= 11 is 0. The van der Waals surface area contributed by atoms with Crippen LogP contribution in [-0.2, 0) is 0 Å². The Hall–Kier alpha value is -4.76. The first-order valence-corrected chi connectivity index (χ1v) is 12.6. The van der Waals surface area contributed by atoms with E-state index in [9.17, 15) is 5.11 Å². The van der Waals surface area contributed by atoms with Gasteiger partial charge in [-0.05, 0) is 82.6 Å². The molecule has 1 aromatic carbocycles. The van der Waals surface area contributed by atoms with Crippen molar-refractivity contribution in [2.45, 2.75) is 40.7 Å². The van der Waals surface area contributed by atoms with Gasteiger partial charge in [0.05, 0.1) is 35.1 Å². The Labute approximate surface area is 228 Å². The van der Waals surface area contributed by atoms with Gasteiger partial charge in [0.15, 0.2) is 5.82 Å². The van der Waals surface area contributed by atoms with Crippen molar-refractivity contribution in [1.29, 1.82) is 0 Å². The Morgan fingerprint density at radius 3 is 2.49 bits per heavy atom. The highest BCUT2D eigenvalue weighted by Crippen LogP contribution is 2.33. The minimum atomic E-state index is -0.592. The molecule has 4 heterocycles. The molecule has 3 N–H and O–H groups in total. The van der Waals surface area contributed by atoms with Crippen LogP contribution in [0.5, 0.6) is 0 Å². The Bertz CT molecular complexity index is 1540. The molecule has 0 fully saturated rings. The molecule has 39 heavy (non-hydrogen) atoms. The van der Waals surface area contributed by atoms with E-state index in [1.54, 1.807) is 31.7 Å². The van der Waals surface area contributed by atoms with E-state index in [1.165, 1.54) is 0 Å². The fourth-order valence-corrected chi connectivity index (χ4v) is 3.91. The summed E-state index contributed by atoms with van der Waals surface area (Å²) in [5, 5.41) is 28.1. The fourth-order valence-electron chi connectivity index (χ4n) is 3.91. The molecule has 0 saturated carbocycles. The number of pyridine rings is 2. The van der Waals surface area contributed by atoms with Gasteiger partial charge in [0, 0.05) is 46.7 Å². The van der Waals surface area contributed by atoms with Gasteiger partial charge in [0.2, 0.25) is 0 Å². The van der Waals surface area contributed by atoms with Crippen LogP contribution in [0.15, 0.2) is 78.2 Å². The van der Waals surface area contributed by atoms with Crippen LogP contribution >= 0.6 is 0 Å². The van der Waals surface area contributed by atoms with Crippen LogP contribution in [-0.4, -0.2) is 41.7 Å². The third kappa shape index (κ3) is 6.97. The highest BCUT2D eigenvalue weighted by atomic mass is 16.3. The number of aliphatic hydroxyl groups excluding tert-OH is 1. The molecule has 0 amide bonds. The second-order valence-electron chi connectivity index (χ2n) is 9.03. The minimum Gasteiger partial charge on any atom is -0.389 e. The molecule has 198 valence electrons. The SMILES string of the molecule is CC=Nc1cc(Nc2ccc(C)nn2)ccc1C.Cc1ccc(C(C)O)c(-c2cccnc2-c2cn[nH]c2)n1. The maximum Gasteiger partial charge on any atom is 0.153 e. The van der Waals surface area contributed by atoms with Crippen molar-refractivity contribution < 1.29 is 5.11 Å². The lowest BCUT2D eigenvalue weighted by Crippen LogP contribution is -2.01. The number of aromatic nitrogens is 6. The molecule has 0 saturated heterocycles. The molecule has 0 spiro atoms. The lowest BCUT2D eigenvalue weighted by Gasteiger charge is -2.14. The number of aromatic amines is 1. The van der Waals surface area contributed by atoms with Crippen LogP contribution in [0.25, 0.3) is 22.5 Å². The van der Waals surface area contributed by atoms with Gasteiger partial charge < -0.3 is 10.4 Å². The van der Waals surface area contributed by atoms with Gasteiger partial charge in [-0.3, -0.25) is 20.1 Å². The van der Waals surface area contributed by atoms with E-state index in [-0.39, 0.29) is 0 Å². The van der Waals surface area contributed by atoms with Gasteiger partial charge >= 0.3 is 0 Å². The number of hydrogen-bond donors (Lipinski definition) is 3. The van der Waals surface area contributed by atoms with Crippen molar-refractivity contribution in [3.63, 3.8) is 0 Å². The number of aliphatic hydroxyl groups is 1. The molecule has 5 rings (SSSR count). The summed E-state index contributed by atoms with van der Waals surface area (Å²) in [6, 6.07) is 17.5. The summed E-state index contributed by atoms with van der Waals surface area (Å²) in [4.78, 5) is 13.4. The van der Waals surface area contributed by atoms with Gasteiger partial charge in [-0.1, -0.05) is 12.1 Å². The number of rotatable bonds is 6. The topological polar surface area (TPSA) is 125 Å². The van der Waals surface area contributed by atoms with E-state index in [4.69, 9.17) is 0 Å². The Balaban J connectivity index is 0.000000183. The van der Waals surface area contributed by atoms with E-state index in [0.29, 0.717) is 0 Å². The maximum atomic E-state index is 10.00. The van der Waals surface area contributed by atoms with Gasteiger partial charge in [-0.2, -0.15) is 10.2 Å². The third-order valence-corrected chi connectivity index (χ3v) is 5.90. The van der Waals surface area contributed by atoms with Gasteiger partial charge in [0.25, 0.3) is 0 Å². The number of H-pyrrole nitrogens is 1. The second-order valence-corrected chi connectivity index (χ2v) is 9.03. The molecule has 9 nitrogen and oxygen atoms in total. The molecular weight excluding hydrogens is 488 g/mol. The van der Waals surface area contributed by atoms with Crippen molar-refractivity contribution in [3.8, 4) is 22.5 Å². The van der Waals surface area contributed by atoms with Crippen LogP contribution in [0.1, 0.15) is 42.5 Å². The number of aryl methyl sites for hydroxylation is 3. The molecule has 0 aliphatic rings. The van der Waals surface area contributed by atoms with Crippen LogP contribution in [0.3, 0.4) is 0 Å². The number of hydrogen-bond acceptors (Lipinski definition) is 8. The Morgan fingerprint density at radius 1 is 0.974 bits per heavy atom. The lowest BCUT2D eigenvalue weighted by atomic mass is 9.99. The van der Waals surface area contributed by atoms with E-state index in [2.05, 4.69) is 40.7 Å². The predicted molar refractivity (Wildman–Crippen MR) is 155 cm³/mol. The molecular formula is C30H32N8O. The summed E-state index contributed by atoms with van der Waals surface area (Å²) in [6.45, 7) is 9.53. The summed E-state index contributed by atoms with van der Waals surface area (Å²) in [5.74, 6) is 0.732. The molecule has 1 unspecified atom stereocenters. The van der Waals surface area contributed by atoms with Crippen molar-refractivity contribution in [3.05, 3.63) is 95.7 Å². The summed E-state index contributed by atoms with van der Waals surface area (Å²) in [6.07, 6.45) is 6.46. The monoisotopic (exact) mass is 520 g/mol. The number of nitrogens with zero attached hydrogens (tertiary/aromatic N) is 6. The normalized spacial score (nSPS) is 11.6. The van der Waals surface area contributed by atoms with Crippen LogP contribution in [0.2, 0.25) is 0 Å². The van der Waals surface area contributed by atoms with E-state index in [1.807, 2.05) is 82.3 Å². The number of nitrogens with one attached hydrogen (secondary N) is 2. The summed E-state index contributed by atoms with van der Waals surface area (Å²) < 4.78 is 0. The number of anilines is 2. The van der Waals surface area contributed by atoms with E-state index in [0.717, 1.165) is 62.2 Å². The van der Waals surface area contributed by atoms with E-state index >= 15 is 0 Å². The van der Waals surface area contributed by atoms with Crippen molar-refractivity contribution >= 4 is 23.4 Å². The second kappa shape index (κ2) is 12.7. The molecule has 0 aliphatic carbocycles. The molecule has 5 aromatic rings. The lowest BCUT2D eigenvalue weighted by molar-refractivity contribution is 0.199. The Kier molecular flexibility index (Phi) is 8.86. The molecule has 0 bridgehead atoms. The van der Waals surface area contributed by atoms with Crippen molar-refractivity contribution in [2.75, 3.05) is 5.32 Å². The zero-order valence-corrected chi connectivity index (χ0v) is 22.7. The van der Waals surface area contributed by atoms with Crippen molar-refractivity contribution in [1.82, 2.24) is 30.4 Å². The molecule has 4 aromatic heterocycles. The fraction of sp³-hybridized carbons (Fsp3) is 0.200. The molecule has 0 aliphatic heterocycles. The molecule has 9 heteroatoms. The summed E-state index contributed by atoms with van der Waals surface area (Å²) in [5.41, 5.74) is 9.00. The highest BCUT2D eigenvalue weighted by Gasteiger charge is 2.16. The van der Waals surface area contributed by atoms with Crippen LogP contribution < -0.4 is 5.32 Å². The van der Waals surface area contributed by atoms with Crippen LogP contribution in [0, 0.1) is 20.8 Å². The zero-order valence-electron chi connectivity index (χ0n) is 22.7. The van der Waals surface area contributed by atoms with Crippen molar-refractivity contribution in [2.24, 2.45) is 4.99 Å². The minimum absolute atomic E-state index is 0.592.